The first kappa shape index (κ1) is 15.1. The van der Waals surface area contributed by atoms with E-state index in [0.717, 1.165) is 0 Å². The Morgan fingerprint density at radius 2 is 2.05 bits per heavy atom. The summed E-state index contributed by atoms with van der Waals surface area (Å²) < 4.78 is 13.3. The van der Waals surface area contributed by atoms with Crippen molar-refractivity contribution in [2.75, 3.05) is 13.2 Å². The lowest BCUT2D eigenvalue weighted by Gasteiger charge is -2.14. The Morgan fingerprint density at radius 1 is 1.37 bits per heavy atom. The lowest BCUT2D eigenvalue weighted by molar-refractivity contribution is -0.121. The highest BCUT2D eigenvalue weighted by molar-refractivity contribution is 5.96. The zero-order valence-electron chi connectivity index (χ0n) is 10.6. The first-order chi connectivity index (χ1) is 9.08. The van der Waals surface area contributed by atoms with Crippen molar-refractivity contribution in [1.82, 2.24) is 10.6 Å². The van der Waals surface area contributed by atoms with Gasteiger partial charge in [-0.3, -0.25) is 9.59 Å². The monoisotopic (exact) mass is 268 g/mol. The molecule has 1 aromatic rings. The van der Waals surface area contributed by atoms with Crippen LogP contribution in [-0.2, 0) is 4.79 Å². The topological polar surface area (TPSA) is 78.4 Å². The van der Waals surface area contributed by atoms with E-state index in [-0.39, 0.29) is 24.8 Å². The van der Waals surface area contributed by atoms with Gasteiger partial charge in [-0.15, -0.1) is 0 Å². The molecule has 0 radical (unpaired) electrons. The number of hydrogen-bond donors (Lipinski definition) is 3. The number of aliphatic hydroxyl groups is 1. The normalized spacial score (nSPS) is 11.7. The number of aliphatic hydroxyl groups excluding tert-OH is 1. The van der Waals surface area contributed by atoms with Crippen LogP contribution < -0.4 is 10.6 Å². The van der Waals surface area contributed by atoms with Crippen molar-refractivity contribution < 1.29 is 19.1 Å². The molecule has 1 rings (SSSR count). The van der Waals surface area contributed by atoms with E-state index in [4.69, 9.17) is 5.11 Å². The molecule has 104 valence electrons. The van der Waals surface area contributed by atoms with E-state index in [1.54, 1.807) is 0 Å². The van der Waals surface area contributed by atoms with Crippen LogP contribution in [0.25, 0.3) is 0 Å². The molecule has 0 aliphatic rings. The molecule has 0 fully saturated rings. The molecular weight excluding hydrogens is 251 g/mol. The van der Waals surface area contributed by atoms with Gasteiger partial charge in [-0.05, 0) is 18.6 Å². The maximum atomic E-state index is 13.3. The Labute approximate surface area is 110 Å². The summed E-state index contributed by atoms with van der Waals surface area (Å²) in [5.41, 5.74) is -0.107. The Kier molecular flexibility index (Phi) is 5.95. The van der Waals surface area contributed by atoms with Gasteiger partial charge in [0.1, 0.15) is 5.82 Å². The van der Waals surface area contributed by atoms with Gasteiger partial charge in [-0.25, -0.2) is 4.39 Å². The third-order valence-electron chi connectivity index (χ3n) is 2.61. The number of carbonyl (C=O) groups excluding carboxylic acids is 2. The third-order valence-corrected chi connectivity index (χ3v) is 2.61. The molecule has 0 saturated carbocycles. The second-order valence-electron chi connectivity index (χ2n) is 4.02. The minimum absolute atomic E-state index is 0.107. The first-order valence-electron chi connectivity index (χ1n) is 6.01. The predicted molar refractivity (Wildman–Crippen MR) is 68.0 cm³/mol. The van der Waals surface area contributed by atoms with E-state index >= 15 is 0 Å². The van der Waals surface area contributed by atoms with E-state index in [1.807, 2.05) is 6.92 Å². The van der Waals surface area contributed by atoms with Crippen LogP contribution >= 0.6 is 0 Å². The van der Waals surface area contributed by atoms with Crippen LogP contribution in [0.15, 0.2) is 24.3 Å². The minimum atomic E-state index is -0.648. The number of nitrogens with one attached hydrogen (secondary N) is 2. The average Bonchev–Trinajstić information content (AvgIpc) is 2.42. The van der Waals surface area contributed by atoms with Gasteiger partial charge >= 0.3 is 0 Å². The van der Waals surface area contributed by atoms with Crippen molar-refractivity contribution in [2.24, 2.45) is 0 Å². The van der Waals surface area contributed by atoms with Crippen LogP contribution in [0.3, 0.4) is 0 Å². The summed E-state index contributed by atoms with van der Waals surface area (Å²) in [6.45, 7) is 1.40. The molecule has 0 heterocycles. The fourth-order valence-corrected chi connectivity index (χ4v) is 1.46. The summed E-state index contributed by atoms with van der Waals surface area (Å²) >= 11 is 0. The van der Waals surface area contributed by atoms with Crippen LogP contribution in [0.5, 0.6) is 0 Å². The van der Waals surface area contributed by atoms with Gasteiger partial charge in [0.2, 0.25) is 5.91 Å². The van der Waals surface area contributed by atoms with Crippen molar-refractivity contribution in [2.45, 2.75) is 19.4 Å². The number of rotatable bonds is 6. The third kappa shape index (κ3) is 4.67. The minimum Gasteiger partial charge on any atom is -0.394 e. The highest BCUT2D eigenvalue weighted by Gasteiger charge is 2.13. The second-order valence-corrected chi connectivity index (χ2v) is 4.02. The molecule has 0 aliphatic carbocycles. The van der Waals surface area contributed by atoms with Crippen molar-refractivity contribution in [3.8, 4) is 0 Å². The summed E-state index contributed by atoms with van der Waals surface area (Å²) in [6.07, 6.45) is 0.587. The van der Waals surface area contributed by atoms with Crippen LogP contribution in [0.4, 0.5) is 4.39 Å². The van der Waals surface area contributed by atoms with Gasteiger partial charge < -0.3 is 15.7 Å². The van der Waals surface area contributed by atoms with Crippen molar-refractivity contribution >= 4 is 11.8 Å². The summed E-state index contributed by atoms with van der Waals surface area (Å²) in [7, 11) is 0. The van der Waals surface area contributed by atoms with Gasteiger partial charge in [0.15, 0.2) is 0 Å². The number of amides is 2. The molecule has 0 unspecified atom stereocenters. The molecule has 0 saturated heterocycles. The second kappa shape index (κ2) is 7.48. The predicted octanol–water partition coefficient (Wildman–Crippen LogP) is 0.443. The van der Waals surface area contributed by atoms with Crippen molar-refractivity contribution in [3.05, 3.63) is 35.6 Å². The molecule has 0 aromatic heterocycles. The van der Waals surface area contributed by atoms with Gasteiger partial charge in [-0.2, -0.15) is 0 Å². The molecule has 19 heavy (non-hydrogen) atoms. The average molecular weight is 268 g/mol. The summed E-state index contributed by atoms with van der Waals surface area (Å²) in [5, 5.41) is 13.8. The number of benzene rings is 1. The molecule has 2 amide bonds. The lowest BCUT2D eigenvalue weighted by atomic mass is 10.2. The molecule has 0 spiro atoms. The van der Waals surface area contributed by atoms with Crippen LogP contribution in [0, 0.1) is 5.82 Å². The lowest BCUT2D eigenvalue weighted by Crippen LogP contribution is -2.43. The zero-order chi connectivity index (χ0) is 14.3. The zero-order valence-corrected chi connectivity index (χ0v) is 10.6. The smallest absolute Gasteiger partial charge is 0.254 e. The van der Waals surface area contributed by atoms with Crippen LogP contribution in [0.2, 0.25) is 0 Å². The molecule has 0 aliphatic heterocycles. The molecule has 5 nitrogen and oxygen atoms in total. The standard InChI is InChI=1S/C13H17FN2O3/c1-2-9(8-17)16-12(18)7-15-13(19)10-5-3-4-6-11(10)14/h3-6,9,17H,2,7-8H2,1H3,(H,15,19)(H,16,18)/t9-/m1/s1. The molecule has 6 heteroatoms. The Hall–Kier alpha value is -1.95. The maximum absolute atomic E-state index is 13.3. The fraction of sp³-hybridized carbons (Fsp3) is 0.385. The maximum Gasteiger partial charge on any atom is 0.254 e. The van der Waals surface area contributed by atoms with E-state index in [0.29, 0.717) is 6.42 Å². The fourth-order valence-electron chi connectivity index (χ4n) is 1.46. The van der Waals surface area contributed by atoms with Gasteiger partial charge in [0, 0.05) is 0 Å². The molecule has 1 atom stereocenters. The van der Waals surface area contributed by atoms with Crippen molar-refractivity contribution in [1.29, 1.82) is 0 Å². The van der Waals surface area contributed by atoms with E-state index in [2.05, 4.69) is 10.6 Å². The molecule has 0 bridgehead atoms. The largest absolute Gasteiger partial charge is 0.394 e. The highest BCUT2D eigenvalue weighted by Crippen LogP contribution is 2.05. The van der Waals surface area contributed by atoms with E-state index in [1.165, 1.54) is 24.3 Å². The summed E-state index contributed by atoms with van der Waals surface area (Å²) in [4.78, 5) is 23.1. The quantitative estimate of drug-likeness (QED) is 0.700. The Balaban J connectivity index is 2.47. The van der Waals surface area contributed by atoms with Crippen molar-refractivity contribution in [3.63, 3.8) is 0 Å². The van der Waals surface area contributed by atoms with Gasteiger partial charge in [0.05, 0.1) is 24.8 Å². The Bertz CT molecular complexity index is 447. The van der Waals surface area contributed by atoms with E-state index in [9.17, 15) is 14.0 Å². The van der Waals surface area contributed by atoms with E-state index < -0.39 is 17.6 Å². The molecule has 1 aromatic carbocycles. The number of hydrogen-bond acceptors (Lipinski definition) is 3. The van der Waals surface area contributed by atoms with Crippen LogP contribution in [0.1, 0.15) is 23.7 Å². The Morgan fingerprint density at radius 3 is 2.63 bits per heavy atom. The molecular formula is C13H17FN2O3. The molecule has 3 N–H and O–H groups in total. The van der Waals surface area contributed by atoms with Crippen LogP contribution in [-0.4, -0.2) is 36.1 Å². The number of halogens is 1. The number of carbonyl (C=O) groups is 2. The SMILES string of the molecule is CC[C@H](CO)NC(=O)CNC(=O)c1ccccc1F. The highest BCUT2D eigenvalue weighted by atomic mass is 19.1. The summed E-state index contributed by atoms with van der Waals surface area (Å²) in [6, 6.07) is 5.19. The first-order valence-corrected chi connectivity index (χ1v) is 6.01. The van der Waals surface area contributed by atoms with Gasteiger partial charge in [0.25, 0.3) is 5.91 Å². The van der Waals surface area contributed by atoms with Gasteiger partial charge in [-0.1, -0.05) is 19.1 Å². The summed E-state index contributed by atoms with van der Waals surface area (Å²) in [5.74, 6) is -1.71.